The summed E-state index contributed by atoms with van der Waals surface area (Å²) in [4.78, 5) is 16.9. The molecule has 3 rings (SSSR count). The molecule has 174 valence electrons. The highest BCUT2D eigenvalue weighted by molar-refractivity contribution is 5.94. The van der Waals surface area contributed by atoms with Gasteiger partial charge in [0.2, 0.25) is 0 Å². The first-order valence-electron chi connectivity index (χ1n) is 11.6. The molecule has 1 fully saturated rings. The van der Waals surface area contributed by atoms with Gasteiger partial charge in [-0.25, -0.2) is 4.99 Å². The van der Waals surface area contributed by atoms with Crippen molar-refractivity contribution in [2.75, 3.05) is 18.5 Å². The van der Waals surface area contributed by atoms with Crippen molar-refractivity contribution in [1.82, 2.24) is 15.8 Å². The van der Waals surface area contributed by atoms with Crippen LogP contribution < -0.4 is 16.0 Å². The number of aromatic nitrogens is 1. The third-order valence-electron chi connectivity index (χ3n) is 5.59. The number of rotatable bonds is 10. The molecule has 1 atom stereocenters. The van der Waals surface area contributed by atoms with Crippen molar-refractivity contribution in [3.8, 4) is 0 Å². The van der Waals surface area contributed by atoms with Gasteiger partial charge in [0.05, 0.1) is 18.8 Å². The number of hydrogen-bond donors (Lipinski definition) is 3. The van der Waals surface area contributed by atoms with Gasteiger partial charge in [-0.05, 0) is 50.3 Å². The number of anilines is 1. The Morgan fingerprint density at radius 2 is 2.06 bits per heavy atom. The van der Waals surface area contributed by atoms with Crippen molar-refractivity contribution >= 4 is 17.6 Å². The summed E-state index contributed by atoms with van der Waals surface area (Å²) < 4.78 is 10.9. The quantitative estimate of drug-likeness (QED) is 0.381. The van der Waals surface area contributed by atoms with Crippen LogP contribution in [0.25, 0.3) is 0 Å². The Kier molecular flexibility index (Phi) is 9.10. The maximum absolute atomic E-state index is 12.3. The molecule has 1 aromatic heterocycles. The predicted octanol–water partition coefficient (Wildman–Crippen LogP) is 3.95. The lowest BCUT2D eigenvalue weighted by Crippen LogP contribution is -2.36. The smallest absolute Gasteiger partial charge is 0.253 e. The monoisotopic (exact) mass is 441 g/mol. The molecule has 3 N–H and O–H groups in total. The summed E-state index contributed by atoms with van der Waals surface area (Å²) in [6.07, 6.45) is 3.46. The van der Waals surface area contributed by atoms with E-state index >= 15 is 0 Å². The van der Waals surface area contributed by atoms with Crippen molar-refractivity contribution in [2.45, 2.75) is 71.6 Å². The summed E-state index contributed by atoms with van der Waals surface area (Å²) in [5.74, 6) is 1.83. The van der Waals surface area contributed by atoms with E-state index in [2.05, 4.69) is 39.9 Å². The minimum absolute atomic E-state index is 0.0852. The molecule has 0 spiro atoms. The fourth-order valence-corrected chi connectivity index (χ4v) is 3.75. The number of aliphatic imine (C=N–C) groups is 1. The summed E-state index contributed by atoms with van der Waals surface area (Å²) in [5.41, 5.74) is 2.77. The van der Waals surface area contributed by atoms with E-state index in [1.165, 1.54) is 0 Å². The molecule has 8 nitrogen and oxygen atoms in total. The van der Waals surface area contributed by atoms with E-state index in [1.54, 1.807) is 0 Å². The standard InChI is InChI=1S/C24H35N5O3/c1-4-18(5-2)21-14-20(32-29-21)16-27-24(25-6-3)26-15-17-9-7-10-19(13-17)28-23(30)22-11-8-12-31-22/h7,9-10,13-14,18,22H,4-6,8,11-12,15-16H2,1-3H3,(H,28,30)(H2,25,26,27). The van der Waals surface area contributed by atoms with Crippen molar-refractivity contribution in [1.29, 1.82) is 0 Å². The Balaban J connectivity index is 1.57. The van der Waals surface area contributed by atoms with Gasteiger partial charge in [-0.3, -0.25) is 4.79 Å². The number of carbonyl (C=O) groups is 1. The maximum Gasteiger partial charge on any atom is 0.253 e. The zero-order chi connectivity index (χ0) is 22.8. The van der Waals surface area contributed by atoms with Gasteiger partial charge in [0.25, 0.3) is 5.91 Å². The first kappa shape index (κ1) is 23.8. The van der Waals surface area contributed by atoms with Gasteiger partial charge >= 0.3 is 0 Å². The van der Waals surface area contributed by atoms with E-state index < -0.39 is 0 Å². The molecule has 1 aliphatic rings. The van der Waals surface area contributed by atoms with E-state index in [1.807, 2.05) is 37.3 Å². The number of amides is 1. The Hall–Kier alpha value is -2.87. The average Bonchev–Trinajstić information content (AvgIpc) is 3.50. The molecule has 1 aromatic carbocycles. The first-order chi connectivity index (χ1) is 15.6. The van der Waals surface area contributed by atoms with Gasteiger partial charge in [-0.15, -0.1) is 0 Å². The minimum Gasteiger partial charge on any atom is -0.368 e. The molecule has 0 aliphatic carbocycles. The number of nitrogens with zero attached hydrogens (tertiary/aromatic N) is 2. The van der Waals surface area contributed by atoms with Crippen LogP contribution in [-0.4, -0.2) is 36.3 Å². The van der Waals surface area contributed by atoms with Crippen LogP contribution in [0.3, 0.4) is 0 Å². The molecule has 1 unspecified atom stereocenters. The summed E-state index contributed by atoms with van der Waals surface area (Å²) in [6, 6.07) is 9.76. The summed E-state index contributed by atoms with van der Waals surface area (Å²) in [5, 5.41) is 13.7. The number of ether oxygens (including phenoxy) is 1. The van der Waals surface area contributed by atoms with Crippen LogP contribution in [0.4, 0.5) is 5.69 Å². The van der Waals surface area contributed by atoms with Gasteiger partial charge < -0.3 is 25.2 Å². The van der Waals surface area contributed by atoms with Crippen LogP contribution >= 0.6 is 0 Å². The number of benzene rings is 1. The molecular formula is C24H35N5O3. The van der Waals surface area contributed by atoms with Gasteiger partial charge in [0, 0.05) is 30.8 Å². The van der Waals surface area contributed by atoms with Crippen LogP contribution in [0, 0.1) is 0 Å². The zero-order valence-corrected chi connectivity index (χ0v) is 19.3. The highest BCUT2D eigenvalue weighted by Crippen LogP contribution is 2.22. The lowest BCUT2D eigenvalue weighted by Gasteiger charge is -2.12. The fraction of sp³-hybridized carbons (Fsp3) is 0.542. The fourth-order valence-electron chi connectivity index (χ4n) is 3.75. The lowest BCUT2D eigenvalue weighted by molar-refractivity contribution is -0.124. The normalized spacial score (nSPS) is 16.4. The summed E-state index contributed by atoms with van der Waals surface area (Å²) >= 11 is 0. The molecule has 2 aromatic rings. The van der Waals surface area contributed by atoms with Crippen LogP contribution in [0.2, 0.25) is 0 Å². The summed E-state index contributed by atoms with van der Waals surface area (Å²) in [7, 11) is 0. The lowest BCUT2D eigenvalue weighted by atomic mass is 9.99. The molecule has 32 heavy (non-hydrogen) atoms. The second-order valence-corrected chi connectivity index (χ2v) is 7.97. The minimum atomic E-state index is -0.345. The molecule has 0 radical (unpaired) electrons. The largest absolute Gasteiger partial charge is 0.368 e. The van der Waals surface area contributed by atoms with E-state index in [9.17, 15) is 4.79 Å². The number of guanidine groups is 1. The Labute approximate surface area is 190 Å². The van der Waals surface area contributed by atoms with Crippen molar-refractivity contribution in [3.05, 3.63) is 47.3 Å². The van der Waals surface area contributed by atoms with Gasteiger partial charge in [0.15, 0.2) is 11.7 Å². The molecule has 1 amide bonds. The number of carbonyl (C=O) groups excluding carboxylic acids is 1. The molecular weight excluding hydrogens is 406 g/mol. The Morgan fingerprint density at radius 1 is 1.22 bits per heavy atom. The van der Waals surface area contributed by atoms with Crippen LogP contribution in [0.1, 0.15) is 69.4 Å². The molecule has 1 saturated heterocycles. The number of nitrogens with one attached hydrogen (secondary N) is 3. The SMILES string of the molecule is CCNC(=NCc1cccc(NC(=O)C2CCCO2)c1)NCc1cc(C(CC)CC)no1. The molecule has 0 bridgehead atoms. The van der Waals surface area contributed by atoms with E-state index in [4.69, 9.17) is 9.26 Å². The van der Waals surface area contributed by atoms with Gasteiger partial charge in [-0.2, -0.15) is 0 Å². The molecule has 2 heterocycles. The predicted molar refractivity (Wildman–Crippen MR) is 126 cm³/mol. The van der Waals surface area contributed by atoms with Gasteiger partial charge in [0.1, 0.15) is 6.10 Å². The van der Waals surface area contributed by atoms with E-state index in [-0.39, 0.29) is 12.0 Å². The third kappa shape index (κ3) is 6.82. The molecule has 8 heteroatoms. The highest BCUT2D eigenvalue weighted by Gasteiger charge is 2.23. The van der Waals surface area contributed by atoms with Crippen LogP contribution in [-0.2, 0) is 22.6 Å². The topological polar surface area (TPSA) is 101 Å². The van der Waals surface area contributed by atoms with Gasteiger partial charge in [-0.1, -0.05) is 31.1 Å². The third-order valence-corrected chi connectivity index (χ3v) is 5.59. The molecule has 1 aliphatic heterocycles. The molecule has 0 saturated carbocycles. The van der Waals surface area contributed by atoms with Crippen LogP contribution in [0.5, 0.6) is 0 Å². The Bertz CT molecular complexity index is 885. The van der Waals surface area contributed by atoms with E-state index in [0.29, 0.717) is 31.6 Å². The summed E-state index contributed by atoms with van der Waals surface area (Å²) in [6.45, 7) is 8.75. The zero-order valence-electron chi connectivity index (χ0n) is 19.3. The van der Waals surface area contributed by atoms with Crippen LogP contribution in [0.15, 0.2) is 39.8 Å². The average molecular weight is 442 g/mol. The van der Waals surface area contributed by atoms with Crippen molar-refractivity contribution in [2.24, 2.45) is 4.99 Å². The van der Waals surface area contributed by atoms with Crippen molar-refractivity contribution in [3.63, 3.8) is 0 Å². The Morgan fingerprint density at radius 3 is 2.78 bits per heavy atom. The second kappa shape index (κ2) is 12.2. The second-order valence-electron chi connectivity index (χ2n) is 7.97. The number of hydrogen-bond acceptors (Lipinski definition) is 5. The maximum atomic E-state index is 12.3. The highest BCUT2D eigenvalue weighted by atomic mass is 16.5. The van der Waals surface area contributed by atoms with Crippen molar-refractivity contribution < 1.29 is 14.1 Å². The first-order valence-corrected chi connectivity index (χ1v) is 11.6. The van der Waals surface area contributed by atoms with E-state index in [0.717, 1.165) is 54.9 Å².